The molecule has 1 N–H and O–H groups in total. The molecule has 5 heteroatoms. The molecule has 1 aliphatic heterocycles. The number of Topliss-reactive ketones (excluding diaryl/α,β-unsaturated/α-hetero) is 1. The summed E-state index contributed by atoms with van der Waals surface area (Å²) >= 11 is 0. The van der Waals surface area contributed by atoms with E-state index in [9.17, 15) is 14.7 Å². The lowest BCUT2D eigenvalue weighted by Crippen LogP contribution is -2.31. The van der Waals surface area contributed by atoms with Gasteiger partial charge in [-0.3, -0.25) is 9.59 Å². The minimum absolute atomic E-state index is 0.0156. The first-order valence-corrected chi connectivity index (χ1v) is 11.0. The summed E-state index contributed by atoms with van der Waals surface area (Å²) in [6.45, 7) is 11.2. The standard InChI is InChI=1S/C27H33NO4/c1-17-8-9-20(16-18(17)2)24(29)22-23(19-10-12-21(13-11-19)27(3,4)5)28(14-7-15-32-6)26(31)25(22)30/h8-13,16,23,29H,7,14-15H2,1-6H3/b24-22-. The van der Waals surface area contributed by atoms with Crippen LogP contribution in [0.5, 0.6) is 0 Å². The normalized spacial score (nSPS) is 18.4. The fourth-order valence-electron chi connectivity index (χ4n) is 4.05. The van der Waals surface area contributed by atoms with Crippen molar-refractivity contribution in [1.29, 1.82) is 0 Å². The van der Waals surface area contributed by atoms with Crippen LogP contribution in [-0.2, 0) is 19.7 Å². The van der Waals surface area contributed by atoms with Crippen molar-refractivity contribution in [3.05, 3.63) is 75.9 Å². The highest BCUT2D eigenvalue weighted by molar-refractivity contribution is 6.46. The lowest BCUT2D eigenvalue weighted by Gasteiger charge is -2.26. The number of ketones is 1. The molecular weight excluding hydrogens is 402 g/mol. The van der Waals surface area contributed by atoms with Gasteiger partial charge in [0.05, 0.1) is 11.6 Å². The molecule has 1 heterocycles. The van der Waals surface area contributed by atoms with Crippen molar-refractivity contribution in [3.63, 3.8) is 0 Å². The Morgan fingerprint density at radius 1 is 1.03 bits per heavy atom. The predicted molar refractivity (Wildman–Crippen MR) is 127 cm³/mol. The molecule has 0 aliphatic carbocycles. The summed E-state index contributed by atoms with van der Waals surface area (Å²) in [6, 6.07) is 12.9. The van der Waals surface area contributed by atoms with Gasteiger partial charge in [-0.1, -0.05) is 57.2 Å². The smallest absolute Gasteiger partial charge is 0.295 e. The number of hydrogen-bond donors (Lipinski definition) is 1. The molecule has 0 radical (unpaired) electrons. The van der Waals surface area contributed by atoms with Crippen molar-refractivity contribution in [2.45, 2.75) is 52.5 Å². The maximum Gasteiger partial charge on any atom is 0.295 e. The van der Waals surface area contributed by atoms with E-state index in [1.807, 2.05) is 50.2 Å². The van der Waals surface area contributed by atoms with Crippen molar-refractivity contribution in [1.82, 2.24) is 4.90 Å². The second-order valence-electron chi connectivity index (χ2n) is 9.51. The maximum absolute atomic E-state index is 13.1. The minimum Gasteiger partial charge on any atom is -0.507 e. The van der Waals surface area contributed by atoms with Crippen molar-refractivity contribution >= 4 is 17.4 Å². The fraction of sp³-hybridized carbons (Fsp3) is 0.407. The number of hydrogen-bond acceptors (Lipinski definition) is 4. The molecule has 0 bridgehead atoms. The average Bonchev–Trinajstić information content (AvgIpc) is 3.00. The van der Waals surface area contributed by atoms with Crippen LogP contribution < -0.4 is 0 Å². The lowest BCUT2D eigenvalue weighted by atomic mass is 9.85. The monoisotopic (exact) mass is 435 g/mol. The van der Waals surface area contributed by atoms with Gasteiger partial charge in [-0.2, -0.15) is 0 Å². The van der Waals surface area contributed by atoms with E-state index in [-0.39, 0.29) is 16.7 Å². The Morgan fingerprint density at radius 2 is 1.69 bits per heavy atom. The topological polar surface area (TPSA) is 66.8 Å². The molecule has 5 nitrogen and oxygen atoms in total. The Kier molecular flexibility index (Phi) is 6.89. The second-order valence-corrected chi connectivity index (χ2v) is 9.51. The first-order valence-electron chi connectivity index (χ1n) is 11.0. The highest BCUT2D eigenvalue weighted by atomic mass is 16.5. The zero-order chi connectivity index (χ0) is 23.6. The fourth-order valence-corrected chi connectivity index (χ4v) is 4.05. The van der Waals surface area contributed by atoms with Gasteiger partial charge in [0.2, 0.25) is 0 Å². The number of nitrogens with zero attached hydrogens (tertiary/aromatic N) is 1. The number of rotatable bonds is 6. The van der Waals surface area contributed by atoms with E-state index in [4.69, 9.17) is 4.74 Å². The highest BCUT2D eigenvalue weighted by Gasteiger charge is 2.45. The zero-order valence-electron chi connectivity index (χ0n) is 19.9. The quantitative estimate of drug-likeness (QED) is 0.298. The molecule has 3 rings (SSSR count). The number of amides is 1. The summed E-state index contributed by atoms with van der Waals surface area (Å²) in [5, 5.41) is 11.2. The van der Waals surface area contributed by atoms with E-state index in [0.717, 1.165) is 22.3 Å². The second kappa shape index (κ2) is 9.29. The molecule has 2 aromatic rings. The average molecular weight is 436 g/mol. The molecule has 0 spiro atoms. The molecule has 32 heavy (non-hydrogen) atoms. The van der Waals surface area contributed by atoms with Crippen LogP contribution in [0, 0.1) is 13.8 Å². The van der Waals surface area contributed by atoms with Gasteiger partial charge in [0.15, 0.2) is 0 Å². The Hall–Kier alpha value is -2.92. The largest absolute Gasteiger partial charge is 0.507 e. The molecule has 170 valence electrons. The Morgan fingerprint density at radius 3 is 2.25 bits per heavy atom. The van der Waals surface area contributed by atoms with Crippen molar-refractivity contribution in [2.24, 2.45) is 0 Å². The van der Waals surface area contributed by atoms with E-state index in [2.05, 4.69) is 20.8 Å². The van der Waals surface area contributed by atoms with E-state index in [0.29, 0.717) is 25.1 Å². The summed E-state index contributed by atoms with van der Waals surface area (Å²) in [5.74, 6) is -1.37. The van der Waals surface area contributed by atoms with Crippen LogP contribution in [0.3, 0.4) is 0 Å². The van der Waals surface area contributed by atoms with Gasteiger partial charge in [-0.05, 0) is 54.0 Å². The molecule has 0 saturated carbocycles. The molecule has 1 aliphatic rings. The van der Waals surface area contributed by atoms with Crippen molar-refractivity contribution in [3.8, 4) is 0 Å². The minimum atomic E-state index is -0.650. The Bertz CT molecular complexity index is 1040. The van der Waals surface area contributed by atoms with Crippen molar-refractivity contribution in [2.75, 3.05) is 20.3 Å². The third-order valence-electron chi connectivity index (χ3n) is 6.16. The molecule has 1 fully saturated rings. The van der Waals surface area contributed by atoms with Gasteiger partial charge in [0.25, 0.3) is 11.7 Å². The third-order valence-corrected chi connectivity index (χ3v) is 6.16. The molecule has 1 amide bonds. The number of carbonyl (C=O) groups is 2. The van der Waals surface area contributed by atoms with Gasteiger partial charge in [-0.15, -0.1) is 0 Å². The summed E-state index contributed by atoms with van der Waals surface area (Å²) in [5.41, 5.74) is 4.73. The number of methoxy groups -OCH3 is 1. The number of aliphatic hydroxyl groups is 1. The van der Waals surface area contributed by atoms with E-state index < -0.39 is 17.7 Å². The van der Waals surface area contributed by atoms with E-state index >= 15 is 0 Å². The van der Waals surface area contributed by atoms with Crippen LogP contribution in [0.1, 0.15) is 61.1 Å². The predicted octanol–water partition coefficient (Wildman–Crippen LogP) is 5.06. The molecule has 1 unspecified atom stereocenters. The van der Waals surface area contributed by atoms with Gasteiger partial charge >= 0.3 is 0 Å². The molecule has 1 saturated heterocycles. The number of benzene rings is 2. The van der Waals surface area contributed by atoms with Gasteiger partial charge < -0.3 is 14.7 Å². The summed E-state index contributed by atoms with van der Waals surface area (Å²) in [7, 11) is 1.61. The third kappa shape index (κ3) is 4.63. The summed E-state index contributed by atoms with van der Waals surface area (Å²) in [6.07, 6.45) is 0.601. The zero-order valence-corrected chi connectivity index (χ0v) is 19.9. The highest BCUT2D eigenvalue weighted by Crippen LogP contribution is 2.40. The van der Waals surface area contributed by atoms with Gasteiger partial charge in [0.1, 0.15) is 5.76 Å². The molecule has 0 aromatic heterocycles. The molecule has 1 atom stereocenters. The lowest BCUT2D eigenvalue weighted by molar-refractivity contribution is -0.140. The Balaban J connectivity index is 2.13. The number of carbonyl (C=O) groups excluding carboxylic acids is 2. The maximum atomic E-state index is 13.1. The van der Waals surface area contributed by atoms with Crippen molar-refractivity contribution < 1.29 is 19.4 Å². The number of aryl methyl sites for hydroxylation is 2. The van der Waals surface area contributed by atoms with Crippen LogP contribution in [0.4, 0.5) is 0 Å². The molecular formula is C27H33NO4. The van der Waals surface area contributed by atoms with Gasteiger partial charge in [-0.25, -0.2) is 0 Å². The first-order chi connectivity index (χ1) is 15.1. The number of likely N-dealkylation sites (tertiary alicyclic amines) is 1. The first kappa shape index (κ1) is 23.7. The van der Waals surface area contributed by atoms with Gasteiger partial charge in [0, 0.05) is 25.8 Å². The number of ether oxygens (including phenoxy) is 1. The van der Waals surface area contributed by atoms with Crippen LogP contribution in [-0.4, -0.2) is 42.0 Å². The van der Waals surface area contributed by atoms with Crippen LogP contribution >= 0.6 is 0 Å². The van der Waals surface area contributed by atoms with Crippen LogP contribution in [0.15, 0.2) is 48.0 Å². The van der Waals surface area contributed by atoms with Crippen LogP contribution in [0.2, 0.25) is 0 Å². The van der Waals surface area contributed by atoms with E-state index in [1.54, 1.807) is 18.1 Å². The Labute approximate surface area is 190 Å². The number of aliphatic hydroxyl groups excluding tert-OH is 1. The molecule has 2 aromatic carbocycles. The van der Waals surface area contributed by atoms with Crippen LogP contribution in [0.25, 0.3) is 5.76 Å². The van der Waals surface area contributed by atoms with E-state index in [1.165, 1.54) is 0 Å². The summed E-state index contributed by atoms with van der Waals surface area (Å²) < 4.78 is 5.14. The summed E-state index contributed by atoms with van der Waals surface area (Å²) in [4.78, 5) is 27.6. The SMILES string of the molecule is COCCCN1C(=O)C(=O)/C(=C(\O)c2ccc(C)c(C)c2)C1c1ccc(C(C)(C)C)cc1.